The van der Waals surface area contributed by atoms with Crippen LogP contribution in [0.1, 0.15) is 15.4 Å². The van der Waals surface area contributed by atoms with Crippen molar-refractivity contribution < 1.29 is 9.72 Å². The third-order valence-electron chi connectivity index (χ3n) is 5.84. The fraction of sp³-hybridized carbons (Fsp3) is 0.217. The number of amides is 1. The lowest BCUT2D eigenvalue weighted by atomic mass is 10.1. The normalized spacial score (nSPS) is 14.1. The Bertz CT molecular complexity index is 1370. The van der Waals surface area contributed by atoms with E-state index in [9.17, 15) is 14.9 Å². The van der Waals surface area contributed by atoms with E-state index in [2.05, 4.69) is 9.88 Å². The lowest BCUT2D eigenvalue weighted by Crippen LogP contribution is -2.48. The molecule has 1 aliphatic heterocycles. The molecule has 1 aliphatic rings. The fourth-order valence-corrected chi connectivity index (χ4v) is 5.31. The van der Waals surface area contributed by atoms with Gasteiger partial charge in [-0.2, -0.15) is 0 Å². The second kappa shape index (κ2) is 8.49. The summed E-state index contributed by atoms with van der Waals surface area (Å²) in [4.78, 5) is 34.0. The van der Waals surface area contributed by atoms with Crippen molar-refractivity contribution in [3.63, 3.8) is 0 Å². The van der Waals surface area contributed by atoms with Gasteiger partial charge in [0.1, 0.15) is 4.88 Å². The molecule has 1 amide bonds. The van der Waals surface area contributed by atoms with E-state index >= 15 is 0 Å². The van der Waals surface area contributed by atoms with Gasteiger partial charge in [-0.1, -0.05) is 41.1 Å². The van der Waals surface area contributed by atoms with Crippen molar-refractivity contribution in [3.05, 3.63) is 80.4 Å². The lowest BCUT2D eigenvalue weighted by Gasteiger charge is -2.36. The largest absolute Gasteiger partial charge is 0.368 e. The van der Waals surface area contributed by atoms with Crippen LogP contribution in [0.5, 0.6) is 0 Å². The van der Waals surface area contributed by atoms with Crippen molar-refractivity contribution in [2.45, 2.75) is 6.92 Å². The average molecular weight is 482 g/mol. The number of rotatable bonds is 4. The summed E-state index contributed by atoms with van der Waals surface area (Å²) < 4.78 is 1.88. The Kier molecular flexibility index (Phi) is 5.51. The van der Waals surface area contributed by atoms with Gasteiger partial charge in [0.15, 0.2) is 4.96 Å². The number of carbonyl (C=O) groups is 1. The maximum absolute atomic E-state index is 13.2. The summed E-state index contributed by atoms with van der Waals surface area (Å²) in [6, 6.07) is 14.2. The first-order chi connectivity index (χ1) is 15.9. The molecule has 4 aromatic rings. The van der Waals surface area contributed by atoms with E-state index in [-0.39, 0.29) is 11.6 Å². The van der Waals surface area contributed by atoms with Gasteiger partial charge in [0.25, 0.3) is 11.6 Å². The molecule has 2 aromatic carbocycles. The van der Waals surface area contributed by atoms with Gasteiger partial charge in [-0.15, -0.1) is 0 Å². The Morgan fingerprint density at radius 3 is 2.58 bits per heavy atom. The monoisotopic (exact) mass is 481 g/mol. The van der Waals surface area contributed by atoms with Gasteiger partial charge in [0, 0.05) is 66.5 Å². The fourth-order valence-electron chi connectivity index (χ4n) is 4.05. The number of piperazine rings is 1. The SMILES string of the molecule is Cc1c(C(=O)N2CCN(c3cccc(Cl)c3)CC2)sc2nc(-c3cccc([N+](=O)[O-])c3)cn12. The molecule has 3 heterocycles. The number of aryl methyl sites for hydroxylation is 1. The van der Waals surface area contributed by atoms with E-state index < -0.39 is 4.92 Å². The van der Waals surface area contributed by atoms with Crippen LogP contribution >= 0.6 is 22.9 Å². The van der Waals surface area contributed by atoms with Crippen LogP contribution in [0, 0.1) is 17.0 Å². The number of benzene rings is 2. The zero-order valence-corrected chi connectivity index (χ0v) is 19.3. The molecular formula is C23H20ClN5O3S. The van der Waals surface area contributed by atoms with Gasteiger partial charge in [0.05, 0.1) is 10.6 Å². The van der Waals surface area contributed by atoms with Gasteiger partial charge in [0.2, 0.25) is 0 Å². The van der Waals surface area contributed by atoms with Gasteiger partial charge in [-0.3, -0.25) is 19.3 Å². The first-order valence-corrected chi connectivity index (χ1v) is 11.6. The highest BCUT2D eigenvalue weighted by Crippen LogP contribution is 2.30. The van der Waals surface area contributed by atoms with E-state index in [0.29, 0.717) is 39.2 Å². The smallest absolute Gasteiger partial charge is 0.270 e. The Balaban J connectivity index is 1.34. The van der Waals surface area contributed by atoms with E-state index in [1.807, 2.05) is 46.7 Å². The third-order valence-corrected chi connectivity index (χ3v) is 7.22. The molecule has 0 atom stereocenters. The van der Waals surface area contributed by atoms with Crippen LogP contribution in [0.2, 0.25) is 5.02 Å². The second-order valence-electron chi connectivity index (χ2n) is 7.86. The van der Waals surface area contributed by atoms with Crippen LogP contribution in [0.4, 0.5) is 11.4 Å². The number of aromatic nitrogens is 2. The Morgan fingerprint density at radius 1 is 1.12 bits per heavy atom. The highest BCUT2D eigenvalue weighted by molar-refractivity contribution is 7.19. The summed E-state index contributed by atoms with van der Waals surface area (Å²) in [5.74, 6) is 0.00523. The number of nitrogens with zero attached hydrogens (tertiary/aromatic N) is 5. The predicted octanol–water partition coefficient (Wildman–Crippen LogP) is 4.90. The zero-order valence-electron chi connectivity index (χ0n) is 17.8. The minimum Gasteiger partial charge on any atom is -0.368 e. The molecule has 0 unspecified atom stereocenters. The van der Waals surface area contributed by atoms with Gasteiger partial charge >= 0.3 is 0 Å². The Labute approximate surface area is 198 Å². The highest BCUT2D eigenvalue weighted by atomic mass is 35.5. The maximum Gasteiger partial charge on any atom is 0.270 e. The zero-order chi connectivity index (χ0) is 23.1. The number of hydrogen-bond donors (Lipinski definition) is 0. The molecular weight excluding hydrogens is 462 g/mol. The first kappa shape index (κ1) is 21.4. The number of carbonyl (C=O) groups excluding carboxylic acids is 1. The average Bonchev–Trinajstić information content (AvgIpc) is 3.38. The molecule has 0 saturated carbocycles. The maximum atomic E-state index is 13.2. The Hall–Kier alpha value is -3.43. The molecule has 10 heteroatoms. The summed E-state index contributed by atoms with van der Waals surface area (Å²) in [6.07, 6.45) is 1.83. The number of non-ortho nitro benzene ring substituents is 1. The van der Waals surface area contributed by atoms with Crippen LogP contribution in [0.25, 0.3) is 16.2 Å². The number of nitro groups is 1. The quantitative estimate of drug-likeness (QED) is 0.306. The molecule has 8 nitrogen and oxygen atoms in total. The minimum absolute atomic E-state index is 0.00523. The molecule has 5 rings (SSSR count). The van der Waals surface area contributed by atoms with Crippen molar-refractivity contribution in [2.75, 3.05) is 31.1 Å². The topological polar surface area (TPSA) is 84.0 Å². The van der Waals surface area contributed by atoms with Crippen LogP contribution in [0.15, 0.2) is 54.7 Å². The molecule has 33 heavy (non-hydrogen) atoms. The molecule has 0 aliphatic carbocycles. The van der Waals surface area contributed by atoms with Crippen LogP contribution in [-0.4, -0.2) is 51.3 Å². The number of anilines is 1. The van der Waals surface area contributed by atoms with E-state index in [0.717, 1.165) is 24.5 Å². The van der Waals surface area contributed by atoms with Crippen LogP contribution < -0.4 is 4.90 Å². The van der Waals surface area contributed by atoms with Crippen molar-refractivity contribution in [3.8, 4) is 11.3 Å². The van der Waals surface area contributed by atoms with Crippen LogP contribution in [0.3, 0.4) is 0 Å². The number of fused-ring (bicyclic) bond motifs is 1. The first-order valence-electron chi connectivity index (χ1n) is 10.4. The summed E-state index contributed by atoms with van der Waals surface area (Å²) in [5, 5.41) is 11.8. The van der Waals surface area contributed by atoms with Crippen LogP contribution in [-0.2, 0) is 0 Å². The predicted molar refractivity (Wildman–Crippen MR) is 129 cm³/mol. The van der Waals surface area contributed by atoms with Gasteiger partial charge in [-0.05, 0) is 25.1 Å². The number of imidazole rings is 1. The molecule has 0 spiro atoms. The minimum atomic E-state index is -0.421. The van der Waals surface area contributed by atoms with Gasteiger partial charge in [-0.25, -0.2) is 4.98 Å². The second-order valence-corrected chi connectivity index (χ2v) is 9.28. The molecule has 1 fully saturated rings. The van der Waals surface area contributed by atoms with Crippen molar-refractivity contribution >= 4 is 45.2 Å². The standard InChI is InChI=1S/C23H20ClN5O3S/c1-15-21(22(30)27-10-8-26(9-11-27)18-6-3-5-17(24)13-18)33-23-25-20(14-28(15)23)16-4-2-7-19(12-16)29(31)32/h2-7,12-14H,8-11H2,1H3. The highest BCUT2D eigenvalue weighted by Gasteiger charge is 2.26. The summed E-state index contributed by atoms with van der Waals surface area (Å²) in [5.41, 5.74) is 3.22. The van der Waals surface area contributed by atoms with E-state index in [1.165, 1.54) is 23.5 Å². The molecule has 2 aromatic heterocycles. The van der Waals surface area contributed by atoms with E-state index in [4.69, 9.17) is 11.6 Å². The number of halogens is 1. The number of thiazole rings is 1. The van der Waals surface area contributed by atoms with Crippen molar-refractivity contribution in [1.29, 1.82) is 0 Å². The summed E-state index contributed by atoms with van der Waals surface area (Å²) in [6.45, 7) is 4.64. The molecule has 0 bridgehead atoms. The summed E-state index contributed by atoms with van der Waals surface area (Å²) >= 11 is 7.46. The molecule has 1 saturated heterocycles. The lowest BCUT2D eigenvalue weighted by molar-refractivity contribution is -0.384. The van der Waals surface area contributed by atoms with Crippen molar-refractivity contribution in [2.24, 2.45) is 0 Å². The number of nitro benzene ring substituents is 1. The number of hydrogen-bond acceptors (Lipinski definition) is 6. The molecule has 168 valence electrons. The summed E-state index contributed by atoms with van der Waals surface area (Å²) in [7, 11) is 0. The third kappa shape index (κ3) is 4.05. The molecule has 0 radical (unpaired) electrons. The van der Waals surface area contributed by atoms with Crippen molar-refractivity contribution in [1.82, 2.24) is 14.3 Å². The van der Waals surface area contributed by atoms with Gasteiger partial charge < -0.3 is 9.80 Å². The van der Waals surface area contributed by atoms with E-state index in [1.54, 1.807) is 12.1 Å². The molecule has 0 N–H and O–H groups in total. The Morgan fingerprint density at radius 2 is 1.88 bits per heavy atom.